The Morgan fingerprint density at radius 2 is 1.49 bits per heavy atom. The topological polar surface area (TPSA) is 174 Å². The van der Waals surface area contributed by atoms with Gasteiger partial charge in [0.15, 0.2) is 24.5 Å². The van der Waals surface area contributed by atoms with Crippen molar-refractivity contribution < 1.29 is 42.9 Å². The number of aromatic nitrogens is 3. The van der Waals surface area contributed by atoms with Gasteiger partial charge in [-0.15, -0.1) is 0 Å². The van der Waals surface area contributed by atoms with Crippen LogP contribution in [0.5, 0.6) is 0 Å². The molecule has 3 rings (SSSR count). The number of esters is 4. The number of ether oxygens (including phenoxy) is 5. The molecule has 5 atom stereocenters. The average Bonchev–Trinajstić information content (AvgIpc) is 3.16. The third-order valence-electron chi connectivity index (χ3n) is 5.22. The number of hydrogen-bond acceptors (Lipinski definition) is 11. The Hall–Kier alpha value is -3.94. The number of carbonyl (C=O) groups is 4. The Labute approximate surface area is 197 Å². The summed E-state index contributed by atoms with van der Waals surface area (Å²) in [4.78, 5) is 74.6. The van der Waals surface area contributed by atoms with E-state index >= 15 is 0 Å². The van der Waals surface area contributed by atoms with Crippen molar-refractivity contribution in [3.8, 4) is 0 Å². The van der Waals surface area contributed by atoms with Gasteiger partial charge < -0.3 is 28.3 Å². The zero-order chi connectivity index (χ0) is 26.0. The predicted octanol–water partition coefficient (Wildman–Crippen LogP) is -0.716. The molecule has 1 aliphatic heterocycles. The summed E-state index contributed by atoms with van der Waals surface area (Å²) in [6, 6.07) is 1.42. The summed E-state index contributed by atoms with van der Waals surface area (Å²) in [6.45, 7) is 4.07. The summed E-state index contributed by atoms with van der Waals surface area (Å²) in [6.07, 6.45) is -5.18. The van der Waals surface area contributed by atoms with Gasteiger partial charge in [-0.2, -0.15) is 0 Å². The molecule has 0 amide bonds. The number of aromatic amines is 1. The quantitative estimate of drug-likeness (QED) is 0.396. The van der Waals surface area contributed by atoms with Crippen LogP contribution in [0.2, 0.25) is 0 Å². The lowest BCUT2D eigenvalue weighted by Gasteiger charge is -2.44. The lowest BCUT2D eigenvalue weighted by molar-refractivity contribution is -0.267. The molecule has 2 aromatic rings. The normalized spacial score (nSPS) is 24.0. The Morgan fingerprint density at radius 1 is 0.914 bits per heavy atom. The van der Waals surface area contributed by atoms with E-state index in [1.807, 2.05) is 0 Å². The lowest BCUT2D eigenvalue weighted by Crippen LogP contribution is -2.60. The number of carbonyl (C=O) groups excluding carboxylic acids is 4. The van der Waals surface area contributed by atoms with E-state index in [0.717, 1.165) is 32.3 Å². The fourth-order valence-electron chi connectivity index (χ4n) is 3.85. The van der Waals surface area contributed by atoms with E-state index in [4.69, 9.17) is 23.7 Å². The van der Waals surface area contributed by atoms with Crippen LogP contribution in [0, 0.1) is 0 Å². The van der Waals surface area contributed by atoms with Gasteiger partial charge in [-0.05, 0) is 6.07 Å². The molecule has 1 saturated heterocycles. The van der Waals surface area contributed by atoms with Crippen LogP contribution < -0.4 is 11.2 Å². The molecule has 190 valence electrons. The summed E-state index contributed by atoms with van der Waals surface area (Å²) in [5.41, 5.74) is -1.26. The molecule has 5 unspecified atom stereocenters. The SMILES string of the molecule is CC(=O)OCC1OC(n2ccc3c(=O)n(C)c(=O)[nH]c32)C(OC(C)=O)C(OC(C)=O)C1OC(C)=O. The van der Waals surface area contributed by atoms with Crippen molar-refractivity contribution >= 4 is 34.9 Å². The van der Waals surface area contributed by atoms with Crippen LogP contribution >= 0.6 is 0 Å². The molecule has 0 aromatic carbocycles. The average molecular weight is 495 g/mol. The number of nitrogens with one attached hydrogen (secondary N) is 1. The third kappa shape index (κ3) is 5.42. The molecule has 0 bridgehead atoms. The molecule has 2 aromatic heterocycles. The second-order valence-electron chi connectivity index (χ2n) is 7.87. The predicted molar refractivity (Wildman–Crippen MR) is 115 cm³/mol. The van der Waals surface area contributed by atoms with E-state index in [0.29, 0.717) is 0 Å². The summed E-state index contributed by atoms with van der Waals surface area (Å²) in [5.74, 6) is -2.97. The van der Waals surface area contributed by atoms with E-state index in [9.17, 15) is 28.8 Å². The van der Waals surface area contributed by atoms with Crippen molar-refractivity contribution in [3.05, 3.63) is 33.1 Å². The first-order chi connectivity index (χ1) is 16.4. The second kappa shape index (κ2) is 10.1. The van der Waals surface area contributed by atoms with Crippen LogP contribution in [0.25, 0.3) is 11.0 Å². The monoisotopic (exact) mass is 495 g/mol. The number of hydrogen-bond donors (Lipinski definition) is 1. The third-order valence-corrected chi connectivity index (χ3v) is 5.22. The maximum Gasteiger partial charge on any atom is 0.329 e. The standard InChI is InChI=1S/C21H25N3O11/c1-9(25)31-8-14-15(32-10(2)26)16(33-11(3)27)17(34-12(4)28)20(35-14)24-7-6-13-18(24)22-21(30)23(5)19(13)29/h6-7,14-17,20H,8H2,1-5H3,(H,22,30). The van der Waals surface area contributed by atoms with Gasteiger partial charge in [-0.25, -0.2) is 4.79 Å². The minimum Gasteiger partial charge on any atom is -0.463 e. The molecule has 0 radical (unpaired) electrons. The summed E-state index contributed by atoms with van der Waals surface area (Å²) < 4.78 is 29.4. The minimum absolute atomic E-state index is 0.0407. The Kier molecular flexibility index (Phi) is 7.43. The summed E-state index contributed by atoms with van der Waals surface area (Å²) >= 11 is 0. The van der Waals surface area contributed by atoms with E-state index in [-0.39, 0.29) is 11.0 Å². The van der Waals surface area contributed by atoms with Crippen molar-refractivity contribution in [3.63, 3.8) is 0 Å². The highest BCUT2D eigenvalue weighted by Gasteiger charge is 2.53. The molecule has 35 heavy (non-hydrogen) atoms. The fourth-order valence-corrected chi connectivity index (χ4v) is 3.85. The van der Waals surface area contributed by atoms with Crippen molar-refractivity contribution in [2.75, 3.05) is 6.61 Å². The highest BCUT2D eigenvalue weighted by atomic mass is 16.7. The van der Waals surface area contributed by atoms with E-state index in [1.54, 1.807) is 0 Å². The molecular formula is C21H25N3O11. The van der Waals surface area contributed by atoms with Gasteiger partial charge in [0, 0.05) is 40.9 Å². The van der Waals surface area contributed by atoms with Crippen LogP contribution in [-0.2, 0) is 49.9 Å². The van der Waals surface area contributed by atoms with Crippen molar-refractivity contribution in [2.45, 2.75) is 58.3 Å². The number of fused-ring (bicyclic) bond motifs is 1. The van der Waals surface area contributed by atoms with Crippen LogP contribution in [0.3, 0.4) is 0 Å². The Balaban J connectivity index is 2.20. The zero-order valence-corrected chi connectivity index (χ0v) is 19.6. The van der Waals surface area contributed by atoms with E-state index in [2.05, 4.69) is 4.98 Å². The fraction of sp³-hybridized carbons (Fsp3) is 0.524. The molecule has 0 saturated carbocycles. The smallest absolute Gasteiger partial charge is 0.329 e. The molecule has 0 spiro atoms. The van der Waals surface area contributed by atoms with Crippen molar-refractivity contribution in [1.29, 1.82) is 0 Å². The number of nitrogens with zero attached hydrogens (tertiary/aromatic N) is 2. The largest absolute Gasteiger partial charge is 0.463 e. The molecule has 0 aliphatic carbocycles. The molecule has 14 heteroatoms. The second-order valence-corrected chi connectivity index (χ2v) is 7.87. The van der Waals surface area contributed by atoms with Gasteiger partial charge in [-0.3, -0.25) is 33.5 Å². The van der Waals surface area contributed by atoms with Gasteiger partial charge in [-0.1, -0.05) is 0 Å². The minimum atomic E-state index is -1.39. The molecule has 1 N–H and O–H groups in total. The molecule has 1 aliphatic rings. The first-order valence-corrected chi connectivity index (χ1v) is 10.5. The van der Waals surface area contributed by atoms with Gasteiger partial charge >= 0.3 is 29.6 Å². The van der Waals surface area contributed by atoms with Gasteiger partial charge in [0.1, 0.15) is 18.4 Å². The molecule has 14 nitrogen and oxygen atoms in total. The van der Waals surface area contributed by atoms with Gasteiger partial charge in [0.05, 0.1) is 5.39 Å². The van der Waals surface area contributed by atoms with Crippen LogP contribution in [0.15, 0.2) is 21.9 Å². The highest BCUT2D eigenvalue weighted by Crippen LogP contribution is 2.36. The number of H-pyrrole nitrogens is 1. The van der Waals surface area contributed by atoms with Crippen LogP contribution in [0.4, 0.5) is 0 Å². The molecule has 1 fully saturated rings. The first kappa shape index (κ1) is 25.7. The van der Waals surface area contributed by atoms with E-state index in [1.165, 1.54) is 23.9 Å². The maximum absolute atomic E-state index is 12.5. The van der Waals surface area contributed by atoms with Crippen molar-refractivity contribution in [1.82, 2.24) is 14.1 Å². The van der Waals surface area contributed by atoms with Gasteiger partial charge in [0.25, 0.3) is 5.56 Å². The number of rotatable bonds is 6. The van der Waals surface area contributed by atoms with Gasteiger partial charge in [0.2, 0.25) is 0 Å². The van der Waals surface area contributed by atoms with E-state index < -0.39 is 72.4 Å². The van der Waals surface area contributed by atoms with Crippen LogP contribution in [0.1, 0.15) is 33.9 Å². The summed E-state index contributed by atoms with van der Waals surface area (Å²) in [5, 5.41) is 0.125. The maximum atomic E-state index is 12.5. The Morgan fingerprint density at radius 3 is 2.06 bits per heavy atom. The molecular weight excluding hydrogens is 470 g/mol. The summed E-state index contributed by atoms with van der Waals surface area (Å²) in [7, 11) is 1.30. The highest BCUT2D eigenvalue weighted by molar-refractivity contribution is 5.75. The molecule has 3 heterocycles. The van der Waals surface area contributed by atoms with Crippen LogP contribution in [-0.4, -0.2) is 69.0 Å². The van der Waals surface area contributed by atoms with Crippen molar-refractivity contribution in [2.24, 2.45) is 7.05 Å². The lowest BCUT2D eigenvalue weighted by atomic mass is 9.97. The Bertz CT molecular complexity index is 1270. The first-order valence-electron chi connectivity index (χ1n) is 10.5. The zero-order valence-electron chi connectivity index (χ0n) is 19.6.